The minimum Gasteiger partial charge on any atom is -0.379 e. The van der Waals surface area contributed by atoms with Gasteiger partial charge in [-0.15, -0.1) is 11.6 Å². The van der Waals surface area contributed by atoms with Gasteiger partial charge < -0.3 is 9.47 Å². The van der Waals surface area contributed by atoms with Crippen LogP contribution in [0.3, 0.4) is 0 Å². The molecule has 2 fully saturated rings. The summed E-state index contributed by atoms with van der Waals surface area (Å²) in [6.07, 6.45) is 0. The zero-order chi connectivity index (χ0) is 11.2. The molecule has 16 heavy (non-hydrogen) atoms. The van der Waals surface area contributed by atoms with Crippen LogP contribution in [0.5, 0.6) is 0 Å². The van der Waals surface area contributed by atoms with Crippen LogP contribution in [0.4, 0.5) is 0 Å². The van der Waals surface area contributed by atoms with E-state index in [1.54, 1.807) is 0 Å². The molecule has 4 nitrogen and oxygen atoms in total. The molecule has 0 radical (unpaired) electrons. The second-order valence-corrected chi connectivity index (χ2v) is 5.04. The molecular formula is C11H21ClN2O2. The van der Waals surface area contributed by atoms with E-state index in [0.29, 0.717) is 0 Å². The maximum atomic E-state index is 6.38. The minimum atomic E-state index is 0.219. The number of rotatable bonds is 4. The van der Waals surface area contributed by atoms with Crippen molar-refractivity contribution >= 4 is 11.6 Å². The summed E-state index contributed by atoms with van der Waals surface area (Å²) in [6.45, 7) is 9.42. The molecule has 94 valence electrons. The molecule has 0 aliphatic carbocycles. The number of hydrogen-bond acceptors (Lipinski definition) is 4. The molecule has 0 aromatic heterocycles. The molecule has 0 saturated carbocycles. The van der Waals surface area contributed by atoms with Crippen LogP contribution in [-0.4, -0.2) is 80.9 Å². The van der Waals surface area contributed by atoms with Crippen molar-refractivity contribution in [3.8, 4) is 0 Å². The Morgan fingerprint density at radius 2 is 1.19 bits per heavy atom. The predicted molar refractivity (Wildman–Crippen MR) is 64.2 cm³/mol. The monoisotopic (exact) mass is 248 g/mol. The first kappa shape index (κ1) is 12.6. The molecule has 2 saturated heterocycles. The molecule has 0 spiro atoms. The van der Waals surface area contributed by atoms with E-state index in [9.17, 15) is 0 Å². The van der Waals surface area contributed by atoms with Gasteiger partial charge in [0.2, 0.25) is 0 Å². The van der Waals surface area contributed by atoms with Gasteiger partial charge in [0.05, 0.1) is 31.8 Å². The summed E-state index contributed by atoms with van der Waals surface area (Å²) in [7, 11) is 0. The number of hydrogen-bond donors (Lipinski definition) is 0. The lowest BCUT2D eigenvalue weighted by atomic mass is 10.3. The quantitative estimate of drug-likeness (QED) is 0.667. The van der Waals surface area contributed by atoms with E-state index in [1.807, 2.05) is 0 Å². The molecule has 2 rings (SSSR count). The average Bonchev–Trinajstić information content (AvgIpc) is 2.31. The SMILES string of the molecule is ClC(CN1CCOCC1)CN1CCOCC1. The maximum absolute atomic E-state index is 6.38. The van der Waals surface area contributed by atoms with E-state index in [4.69, 9.17) is 21.1 Å². The number of alkyl halides is 1. The van der Waals surface area contributed by atoms with E-state index in [-0.39, 0.29) is 5.38 Å². The molecule has 0 atom stereocenters. The summed E-state index contributed by atoms with van der Waals surface area (Å²) < 4.78 is 10.6. The van der Waals surface area contributed by atoms with Gasteiger partial charge in [0.1, 0.15) is 0 Å². The topological polar surface area (TPSA) is 24.9 Å². The second kappa shape index (κ2) is 6.77. The lowest BCUT2D eigenvalue weighted by Crippen LogP contribution is -2.45. The predicted octanol–water partition coefficient (Wildman–Crippen LogP) is 0.258. The van der Waals surface area contributed by atoms with Crippen LogP contribution >= 0.6 is 11.6 Å². The van der Waals surface area contributed by atoms with Crippen molar-refractivity contribution in [1.29, 1.82) is 0 Å². The first-order valence-electron chi connectivity index (χ1n) is 6.09. The Kier molecular flexibility index (Phi) is 5.32. The Morgan fingerprint density at radius 1 is 0.812 bits per heavy atom. The molecule has 0 N–H and O–H groups in total. The molecule has 0 bridgehead atoms. The molecule has 0 unspecified atom stereocenters. The normalized spacial score (nSPS) is 25.1. The van der Waals surface area contributed by atoms with Crippen molar-refractivity contribution in [3.05, 3.63) is 0 Å². The van der Waals surface area contributed by atoms with E-state index >= 15 is 0 Å². The zero-order valence-corrected chi connectivity index (χ0v) is 10.5. The van der Waals surface area contributed by atoms with Gasteiger partial charge >= 0.3 is 0 Å². The van der Waals surface area contributed by atoms with Gasteiger partial charge in [-0.3, -0.25) is 9.80 Å². The van der Waals surface area contributed by atoms with Crippen molar-refractivity contribution in [1.82, 2.24) is 9.80 Å². The Hall–Kier alpha value is 0.130. The van der Waals surface area contributed by atoms with Gasteiger partial charge in [0.15, 0.2) is 0 Å². The fourth-order valence-corrected chi connectivity index (χ4v) is 2.58. The van der Waals surface area contributed by atoms with Gasteiger partial charge in [-0.1, -0.05) is 0 Å². The van der Waals surface area contributed by atoms with Crippen LogP contribution in [0.2, 0.25) is 0 Å². The Labute approximate surface area is 102 Å². The van der Waals surface area contributed by atoms with Crippen LogP contribution in [0, 0.1) is 0 Å². The minimum absolute atomic E-state index is 0.219. The van der Waals surface area contributed by atoms with E-state index in [1.165, 1.54) is 0 Å². The molecule has 5 heteroatoms. The van der Waals surface area contributed by atoms with Gasteiger partial charge in [0, 0.05) is 39.3 Å². The fourth-order valence-electron chi connectivity index (χ4n) is 2.19. The van der Waals surface area contributed by atoms with Crippen molar-refractivity contribution < 1.29 is 9.47 Å². The zero-order valence-electron chi connectivity index (χ0n) is 9.74. The average molecular weight is 249 g/mol. The summed E-state index contributed by atoms with van der Waals surface area (Å²) in [5.41, 5.74) is 0. The molecule has 0 aromatic rings. The van der Waals surface area contributed by atoms with Crippen molar-refractivity contribution in [3.63, 3.8) is 0 Å². The highest BCUT2D eigenvalue weighted by Crippen LogP contribution is 2.07. The van der Waals surface area contributed by atoms with E-state index < -0.39 is 0 Å². The van der Waals surface area contributed by atoms with E-state index in [2.05, 4.69) is 9.80 Å². The first-order chi connectivity index (χ1) is 7.84. The second-order valence-electron chi connectivity index (χ2n) is 4.42. The Morgan fingerprint density at radius 3 is 1.56 bits per heavy atom. The molecule has 2 aliphatic rings. The number of halogens is 1. The summed E-state index contributed by atoms with van der Waals surface area (Å²) in [4.78, 5) is 4.78. The van der Waals surface area contributed by atoms with Crippen molar-refractivity contribution in [2.24, 2.45) is 0 Å². The summed E-state index contributed by atoms with van der Waals surface area (Å²) in [6, 6.07) is 0. The maximum Gasteiger partial charge on any atom is 0.0594 e. The largest absolute Gasteiger partial charge is 0.379 e. The molecular weight excluding hydrogens is 228 g/mol. The standard InChI is InChI=1S/C11H21ClN2O2/c12-11(9-13-1-5-15-6-2-13)10-14-3-7-16-8-4-14/h11H,1-10H2. The third-order valence-corrected chi connectivity index (χ3v) is 3.40. The van der Waals surface area contributed by atoms with Gasteiger partial charge in [-0.05, 0) is 0 Å². The number of ether oxygens (including phenoxy) is 2. The van der Waals surface area contributed by atoms with Crippen LogP contribution in [0.25, 0.3) is 0 Å². The summed E-state index contributed by atoms with van der Waals surface area (Å²) >= 11 is 6.38. The highest BCUT2D eigenvalue weighted by atomic mass is 35.5. The van der Waals surface area contributed by atoms with Crippen LogP contribution in [0.15, 0.2) is 0 Å². The summed E-state index contributed by atoms with van der Waals surface area (Å²) in [5.74, 6) is 0. The van der Waals surface area contributed by atoms with Crippen LogP contribution < -0.4 is 0 Å². The van der Waals surface area contributed by atoms with Crippen molar-refractivity contribution in [2.45, 2.75) is 5.38 Å². The third kappa shape index (κ3) is 4.18. The van der Waals surface area contributed by atoms with Crippen LogP contribution in [0.1, 0.15) is 0 Å². The van der Waals surface area contributed by atoms with Gasteiger partial charge in [-0.2, -0.15) is 0 Å². The lowest BCUT2D eigenvalue weighted by molar-refractivity contribution is 0.0258. The van der Waals surface area contributed by atoms with Gasteiger partial charge in [-0.25, -0.2) is 0 Å². The smallest absolute Gasteiger partial charge is 0.0594 e. The molecule has 0 aromatic carbocycles. The highest BCUT2D eigenvalue weighted by molar-refractivity contribution is 6.21. The highest BCUT2D eigenvalue weighted by Gasteiger charge is 2.18. The lowest BCUT2D eigenvalue weighted by Gasteiger charge is -2.32. The molecule has 2 heterocycles. The summed E-state index contributed by atoms with van der Waals surface area (Å²) in [5, 5.41) is 0.219. The molecule has 0 amide bonds. The molecule has 2 aliphatic heterocycles. The van der Waals surface area contributed by atoms with Gasteiger partial charge in [0.25, 0.3) is 0 Å². The fraction of sp³-hybridized carbons (Fsp3) is 1.00. The van der Waals surface area contributed by atoms with E-state index in [0.717, 1.165) is 65.7 Å². The van der Waals surface area contributed by atoms with Crippen molar-refractivity contribution in [2.75, 3.05) is 65.7 Å². The Balaban J connectivity index is 1.64. The first-order valence-corrected chi connectivity index (χ1v) is 6.52. The van der Waals surface area contributed by atoms with Crippen LogP contribution in [-0.2, 0) is 9.47 Å². The Bertz CT molecular complexity index is 174. The third-order valence-electron chi connectivity index (χ3n) is 3.12. The number of nitrogens with zero attached hydrogens (tertiary/aromatic N) is 2. The number of morpholine rings is 2.